The highest BCUT2D eigenvalue weighted by Gasteiger charge is 2.39. The van der Waals surface area contributed by atoms with E-state index in [1.807, 2.05) is 7.05 Å². The molecule has 0 aromatic heterocycles. The zero-order valence-corrected chi connectivity index (χ0v) is 9.56. The van der Waals surface area contributed by atoms with E-state index < -0.39 is 5.97 Å². The number of aliphatic carboxylic acids is 1. The van der Waals surface area contributed by atoms with Gasteiger partial charge in [0.1, 0.15) is 5.78 Å². The van der Waals surface area contributed by atoms with E-state index in [-0.39, 0.29) is 18.3 Å². The van der Waals surface area contributed by atoms with E-state index in [0.717, 1.165) is 26.2 Å². The lowest BCUT2D eigenvalue weighted by atomic mass is 9.83. The molecule has 2 unspecified atom stereocenters. The van der Waals surface area contributed by atoms with Crippen LogP contribution in [0.15, 0.2) is 0 Å². The third kappa shape index (κ3) is 2.41. The van der Waals surface area contributed by atoms with Gasteiger partial charge in [0, 0.05) is 44.6 Å². The lowest BCUT2D eigenvalue weighted by Crippen LogP contribution is -2.57. The molecule has 5 heteroatoms. The van der Waals surface area contributed by atoms with Crippen molar-refractivity contribution in [1.29, 1.82) is 0 Å². The molecule has 2 fully saturated rings. The molecule has 0 aromatic rings. The van der Waals surface area contributed by atoms with Gasteiger partial charge in [-0.1, -0.05) is 0 Å². The van der Waals surface area contributed by atoms with Crippen LogP contribution in [0.1, 0.15) is 6.42 Å². The minimum absolute atomic E-state index is 0.0892. The van der Waals surface area contributed by atoms with E-state index >= 15 is 0 Å². The summed E-state index contributed by atoms with van der Waals surface area (Å²) >= 11 is 0. The van der Waals surface area contributed by atoms with Crippen LogP contribution in [0.3, 0.4) is 0 Å². The van der Waals surface area contributed by atoms with Gasteiger partial charge in [0.15, 0.2) is 0 Å². The van der Waals surface area contributed by atoms with Crippen LogP contribution in [0.25, 0.3) is 0 Å². The highest BCUT2D eigenvalue weighted by atomic mass is 16.4. The minimum atomic E-state index is -0.765. The predicted molar refractivity (Wildman–Crippen MR) is 58.2 cm³/mol. The fraction of sp³-hybridized carbons (Fsp3) is 0.818. The number of hydrogen-bond donors (Lipinski definition) is 1. The normalized spacial score (nSPS) is 31.7. The number of carboxylic acid groups (broad SMARTS) is 1. The summed E-state index contributed by atoms with van der Waals surface area (Å²) in [4.78, 5) is 26.7. The first-order chi connectivity index (χ1) is 7.56. The third-order valence-corrected chi connectivity index (χ3v) is 3.47. The Labute approximate surface area is 95.0 Å². The predicted octanol–water partition coefficient (Wildman–Crippen LogP) is -0.476. The van der Waals surface area contributed by atoms with E-state index in [1.165, 1.54) is 0 Å². The SMILES string of the molecule is CN1CC2CN(CCC(=O)O)CC(C1)C2=O. The highest BCUT2D eigenvalue weighted by Crippen LogP contribution is 2.24. The molecule has 2 aliphatic heterocycles. The molecule has 0 spiro atoms. The maximum atomic E-state index is 11.9. The molecule has 1 N–H and O–H groups in total. The zero-order chi connectivity index (χ0) is 11.7. The van der Waals surface area contributed by atoms with E-state index in [0.29, 0.717) is 12.3 Å². The molecule has 2 aliphatic rings. The minimum Gasteiger partial charge on any atom is -0.481 e. The van der Waals surface area contributed by atoms with Crippen LogP contribution in [0.2, 0.25) is 0 Å². The Bertz CT molecular complexity index is 288. The molecule has 0 radical (unpaired) electrons. The molecular formula is C11H18N2O3. The van der Waals surface area contributed by atoms with Crippen LogP contribution >= 0.6 is 0 Å². The van der Waals surface area contributed by atoms with Crippen LogP contribution in [-0.2, 0) is 9.59 Å². The van der Waals surface area contributed by atoms with Crippen molar-refractivity contribution >= 4 is 11.8 Å². The van der Waals surface area contributed by atoms with Crippen LogP contribution < -0.4 is 0 Å². The first-order valence-electron chi connectivity index (χ1n) is 5.72. The van der Waals surface area contributed by atoms with E-state index in [9.17, 15) is 9.59 Å². The lowest BCUT2D eigenvalue weighted by Gasteiger charge is -2.43. The summed E-state index contributed by atoms with van der Waals surface area (Å²) in [6.45, 7) is 3.66. The van der Waals surface area contributed by atoms with E-state index in [1.54, 1.807) is 0 Å². The molecule has 2 bridgehead atoms. The Morgan fingerprint density at radius 3 is 2.38 bits per heavy atom. The Morgan fingerprint density at radius 1 is 1.31 bits per heavy atom. The molecule has 0 aromatic carbocycles. The van der Waals surface area contributed by atoms with Gasteiger partial charge in [-0.25, -0.2) is 0 Å². The van der Waals surface area contributed by atoms with Crippen LogP contribution in [-0.4, -0.2) is 66.4 Å². The van der Waals surface area contributed by atoms with E-state index in [4.69, 9.17) is 5.11 Å². The smallest absolute Gasteiger partial charge is 0.304 e. The Balaban J connectivity index is 1.93. The maximum Gasteiger partial charge on any atom is 0.304 e. The van der Waals surface area contributed by atoms with Gasteiger partial charge in [-0.15, -0.1) is 0 Å². The van der Waals surface area contributed by atoms with E-state index in [2.05, 4.69) is 9.80 Å². The molecule has 0 aliphatic carbocycles. The summed E-state index contributed by atoms with van der Waals surface area (Å²) < 4.78 is 0. The van der Waals surface area contributed by atoms with Gasteiger partial charge in [-0.3, -0.25) is 9.59 Å². The first-order valence-corrected chi connectivity index (χ1v) is 5.72. The average molecular weight is 226 g/mol. The molecular weight excluding hydrogens is 208 g/mol. The molecule has 90 valence electrons. The molecule has 0 amide bonds. The van der Waals surface area contributed by atoms with Crippen molar-refractivity contribution in [2.24, 2.45) is 11.8 Å². The summed E-state index contributed by atoms with van der Waals surface area (Å²) in [6.07, 6.45) is 0.170. The molecule has 2 saturated heterocycles. The van der Waals surface area contributed by atoms with Crippen molar-refractivity contribution in [3.05, 3.63) is 0 Å². The topological polar surface area (TPSA) is 60.9 Å². The van der Waals surface area contributed by atoms with Crippen molar-refractivity contribution < 1.29 is 14.7 Å². The zero-order valence-electron chi connectivity index (χ0n) is 9.56. The molecule has 2 atom stereocenters. The second-order valence-corrected chi connectivity index (χ2v) is 4.92. The summed E-state index contributed by atoms with van der Waals surface area (Å²) in [7, 11) is 2.04. The number of piperidine rings is 2. The summed E-state index contributed by atoms with van der Waals surface area (Å²) in [6, 6.07) is 0. The number of rotatable bonds is 3. The van der Waals surface area contributed by atoms with Gasteiger partial charge < -0.3 is 14.9 Å². The van der Waals surface area contributed by atoms with Gasteiger partial charge >= 0.3 is 5.97 Å². The second kappa shape index (κ2) is 4.51. The summed E-state index contributed by atoms with van der Waals surface area (Å²) in [5.74, 6) is -0.207. The van der Waals surface area contributed by atoms with Crippen LogP contribution in [0.5, 0.6) is 0 Å². The van der Waals surface area contributed by atoms with Crippen LogP contribution in [0.4, 0.5) is 0 Å². The van der Waals surface area contributed by atoms with Gasteiger partial charge in [0.25, 0.3) is 0 Å². The van der Waals surface area contributed by atoms with Gasteiger partial charge in [0.2, 0.25) is 0 Å². The highest BCUT2D eigenvalue weighted by molar-refractivity contribution is 5.85. The number of nitrogens with zero attached hydrogens (tertiary/aromatic N) is 2. The number of carbonyl (C=O) groups is 2. The molecule has 0 saturated carbocycles. The largest absolute Gasteiger partial charge is 0.481 e. The van der Waals surface area contributed by atoms with Crippen molar-refractivity contribution in [2.45, 2.75) is 6.42 Å². The number of hydrogen-bond acceptors (Lipinski definition) is 4. The Hall–Kier alpha value is -0.940. The first kappa shape index (κ1) is 11.5. The summed E-state index contributed by atoms with van der Waals surface area (Å²) in [5.41, 5.74) is 0. The number of carbonyl (C=O) groups excluding carboxylic acids is 1. The number of likely N-dealkylation sites (tertiary alicyclic amines) is 2. The quantitative estimate of drug-likeness (QED) is 0.704. The number of fused-ring (bicyclic) bond motifs is 2. The summed E-state index contributed by atoms with van der Waals surface area (Å²) in [5, 5.41) is 8.64. The van der Waals surface area contributed by atoms with Crippen molar-refractivity contribution in [1.82, 2.24) is 9.80 Å². The Kier molecular flexibility index (Phi) is 3.25. The number of ketones is 1. The number of carboxylic acids is 1. The van der Waals surface area contributed by atoms with Gasteiger partial charge in [-0.2, -0.15) is 0 Å². The number of Topliss-reactive ketones (excluding diaryl/α,β-unsaturated/α-hetero) is 1. The van der Waals surface area contributed by atoms with Crippen molar-refractivity contribution in [3.8, 4) is 0 Å². The van der Waals surface area contributed by atoms with Gasteiger partial charge in [0.05, 0.1) is 6.42 Å². The van der Waals surface area contributed by atoms with Gasteiger partial charge in [-0.05, 0) is 7.05 Å². The van der Waals surface area contributed by atoms with Crippen molar-refractivity contribution in [3.63, 3.8) is 0 Å². The lowest BCUT2D eigenvalue weighted by molar-refractivity contribution is -0.139. The fourth-order valence-corrected chi connectivity index (χ4v) is 2.77. The average Bonchev–Trinajstić information content (AvgIpc) is 2.17. The van der Waals surface area contributed by atoms with Crippen molar-refractivity contribution in [2.75, 3.05) is 39.8 Å². The molecule has 2 heterocycles. The molecule has 2 rings (SSSR count). The maximum absolute atomic E-state index is 11.9. The Morgan fingerprint density at radius 2 is 1.88 bits per heavy atom. The molecule has 16 heavy (non-hydrogen) atoms. The second-order valence-electron chi connectivity index (χ2n) is 4.92. The monoisotopic (exact) mass is 226 g/mol. The standard InChI is InChI=1S/C11H18N2O3/c1-12-4-8-6-13(3-2-10(14)15)7-9(5-12)11(8)16/h8-9H,2-7H2,1H3,(H,14,15). The van der Waals surface area contributed by atoms with Crippen LogP contribution in [0, 0.1) is 11.8 Å². The third-order valence-electron chi connectivity index (χ3n) is 3.47. The molecule has 5 nitrogen and oxygen atoms in total. The fourth-order valence-electron chi connectivity index (χ4n) is 2.77.